The van der Waals surface area contributed by atoms with E-state index in [0.29, 0.717) is 12.2 Å². The summed E-state index contributed by atoms with van der Waals surface area (Å²) in [5.41, 5.74) is 1.08. The van der Waals surface area contributed by atoms with Crippen molar-refractivity contribution in [2.45, 2.75) is 38.5 Å². The van der Waals surface area contributed by atoms with Crippen molar-refractivity contribution in [2.75, 3.05) is 0 Å². The number of halogens is 1. The maximum atomic E-state index is 13.1. The molecule has 0 N–H and O–H groups in total. The predicted octanol–water partition coefficient (Wildman–Crippen LogP) is 3.35. The lowest BCUT2D eigenvalue weighted by atomic mass is 10.2. The number of hydrogen-bond donors (Lipinski definition) is 0. The molecule has 2 heterocycles. The molecule has 2 atom stereocenters. The quantitative estimate of drug-likeness (QED) is 0.776. The van der Waals surface area contributed by atoms with Crippen molar-refractivity contribution in [3.63, 3.8) is 0 Å². The van der Waals surface area contributed by atoms with E-state index in [-0.39, 0.29) is 5.82 Å². The van der Waals surface area contributed by atoms with Crippen LogP contribution in [-0.2, 0) is 11.3 Å². The summed E-state index contributed by atoms with van der Waals surface area (Å²) in [5, 5.41) is 0.955. The van der Waals surface area contributed by atoms with Gasteiger partial charge in [0.05, 0.1) is 12.2 Å². The van der Waals surface area contributed by atoms with E-state index in [2.05, 4.69) is 11.5 Å². The second-order valence-corrected chi connectivity index (χ2v) is 4.82. The van der Waals surface area contributed by atoms with Crippen molar-refractivity contribution in [1.82, 2.24) is 4.57 Å². The normalized spacial score (nSPS) is 24.6. The first kappa shape index (κ1) is 10.8. The van der Waals surface area contributed by atoms with Gasteiger partial charge in [0.2, 0.25) is 0 Å². The zero-order chi connectivity index (χ0) is 11.8. The van der Waals surface area contributed by atoms with Gasteiger partial charge in [0.15, 0.2) is 0 Å². The zero-order valence-electron chi connectivity index (χ0n) is 9.90. The number of ether oxygens (including phenoxy) is 1. The summed E-state index contributed by atoms with van der Waals surface area (Å²) in [6.45, 7) is 2.97. The van der Waals surface area contributed by atoms with Crippen molar-refractivity contribution in [3.05, 3.63) is 36.3 Å². The molecule has 2 nitrogen and oxygen atoms in total. The van der Waals surface area contributed by atoms with Crippen LogP contribution >= 0.6 is 0 Å². The summed E-state index contributed by atoms with van der Waals surface area (Å²) >= 11 is 0. The summed E-state index contributed by atoms with van der Waals surface area (Å²) in [6, 6.07) is 6.88. The minimum absolute atomic E-state index is 0.180. The van der Waals surface area contributed by atoms with Crippen LogP contribution in [0.4, 0.5) is 4.39 Å². The van der Waals surface area contributed by atoms with Crippen LogP contribution in [0, 0.1) is 5.82 Å². The minimum atomic E-state index is -0.180. The van der Waals surface area contributed by atoms with Crippen LogP contribution in [0.5, 0.6) is 0 Å². The molecule has 90 valence electrons. The lowest BCUT2D eigenvalue weighted by molar-refractivity contribution is 0.0465. The number of rotatable bonds is 2. The fourth-order valence-electron chi connectivity index (χ4n) is 2.57. The highest BCUT2D eigenvalue weighted by molar-refractivity contribution is 5.80. The molecule has 2 unspecified atom stereocenters. The van der Waals surface area contributed by atoms with Gasteiger partial charge in [-0.15, -0.1) is 0 Å². The molecule has 0 saturated carbocycles. The van der Waals surface area contributed by atoms with Crippen LogP contribution < -0.4 is 0 Å². The molecule has 1 aliphatic rings. The van der Waals surface area contributed by atoms with Gasteiger partial charge >= 0.3 is 0 Å². The van der Waals surface area contributed by atoms with Crippen molar-refractivity contribution >= 4 is 10.9 Å². The van der Waals surface area contributed by atoms with Gasteiger partial charge < -0.3 is 9.30 Å². The summed E-state index contributed by atoms with van der Waals surface area (Å²) < 4.78 is 21.0. The maximum absolute atomic E-state index is 13.1. The van der Waals surface area contributed by atoms with E-state index < -0.39 is 0 Å². The van der Waals surface area contributed by atoms with Crippen molar-refractivity contribution in [1.29, 1.82) is 0 Å². The van der Waals surface area contributed by atoms with E-state index in [4.69, 9.17) is 4.74 Å². The molecule has 1 saturated heterocycles. The fraction of sp³-hybridized carbons (Fsp3) is 0.429. The predicted molar refractivity (Wildman–Crippen MR) is 65.5 cm³/mol. The minimum Gasteiger partial charge on any atom is -0.373 e. The van der Waals surface area contributed by atoms with Crippen molar-refractivity contribution < 1.29 is 9.13 Å². The Bertz CT molecular complexity index is 534. The molecule has 17 heavy (non-hydrogen) atoms. The van der Waals surface area contributed by atoms with Gasteiger partial charge in [-0.25, -0.2) is 4.39 Å². The lowest BCUT2D eigenvalue weighted by Gasteiger charge is -2.13. The number of hydrogen-bond acceptors (Lipinski definition) is 1. The molecular weight excluding hydrogens is 217 g/mol. The Kier molecular flexibility index (Phi) is 2.63. The molecule has 1 aromatic carbocycles. The Morgan fingerprint density at radius 2 is 2.24 bits per heavy atom. The van der Waals surface area contributed by atoms with Gasteiger partial charge in [0, 0.05) is 23.6 Å². The lowest BCUT2D eigenvalue weighted by Crippen LogP contribution is -2.15. The van der Waals surface area contributed by atoms with E-state index in [1.54, 1.807) is 6.07 Å². The second-order valence-electron chi connectivity index (χ2n) is 4.82. The monoisotopic (exact) mass is 233 g/mol. The van der Waals surface area contributed by atoms with Crippen molar-refractivity contribution in [3.8, 4) is 0 Å². The van der Waals surface area contributed by atoms with Crippen LogP contribution in [0.2, 0.25) is 0 Å². The highest BCUT2D eigenvalue weighted by Gasteiger charge is 2.22. The van der Waals surface area contributed by atoms with Gasteiger partial charge in [-0.2, -0.15) is 0 Å². The van der Waals surface area contributed by atoms with Crippen LogP contribution in [0.25, 0.3) is 10.9 Å². The number of nitrogens with zero attached hydrogens (tertiary/aromatic N) is 1. The van der Waals surface area contributed by atoms with Gasteiger partial charge in [0.25, 0.3) is 0 Å². The maximum Gasteiger partial charge on any atom is 0.123 e. The third-order valence-electron chi connectivity index (χ3n) is 3.45. The molecular formula is C14H16FNO. The molecule has 0 radical (unpaired) electrons. The van der Waals surface area contributed by atoms with Crippen LogP contribution in [0.3, 0.4) is 0 Å². The molecule has 3 heteroatoms. The molecule has 0 aliphatic carbocycles. The SMILES string of the molecule is CC1CCC(Cn2ccc3cc(F)ccc32)O1. The summed E-state index contributed by atoms with van der Waals surface area (Å²) in [4.78, 5) is 0. The van der Waals surface area contributed by atoms with Gasteiger partial charge in [-0.05, 0) is 44.0 Å². The first-order valence-electron chi connectivity index (χ1n) is 6.12. The fourth-order valence-corrected chi connectivity index (χ4v) is 2.57. The Balaban J connectivity index is 1.85. The highest BCUT2D eigenvalue weighted by atomic mass is 19.1. The van der Waals surface area contributed by atoms with E-state index in [0.717, 1.165) is 30.3 Å². The van der Waals surface area contributed by atoms with Gasteiger partial charge in [-0.3, -0.25) is 0 Å². The van der Waals surface area contributed by atoms with Gasteiger partial charge in [-0.1, -0.05) is 0 Å². The van der Waals surface area contributed by atoms with Crippen LogP contribution in [0.15, 0.2) is 30.5 Å². The van der Waals surface area contributed by atoms with Crippen LogP contribution in [0.1, 0.15) is 19.8 Å². The average Bonchev–Trinajstić information content (AvgIpc) is 2.86. The van der Waals surface area contributed by atoms with E-state index >= 15 is 0 Å². The molecule has 2 aromatic rings. The Morgan fingerprint density at radius 3 is 3.00 bits per heavy atom. The molecule has 0 spiro atoms. The first-order chi connectivity index (χ1) is 8.22. The Hall–Kier alpha value is -1.35. The molecule has 0 amide bonds. The summed E-state index contributed by atoms with van der Waals surface area (Å²) in [5.74, 6) is -0.180. The molecule has 0 bridgehead atoms. The number of aromatic nitrogens is 1. The molecule has 1 aliphatic heterocycles. The average molecular weight is 233 g/mol. The topological polar surface area (TPSA) is 14.2 Å². The smallest absolute Gasteiger partial charge is 0.123 e. The number of fused-ring (bicyclic) bond motifs is 1. The van der Waals surface area contributed by atoms with E-state index in [9.17, 15) is 4.39 Å². The number of benzene rings is 1. The second kappa shape index (κ2) is 4.15. The summed E-state index contributed by atoms with van der Waals surface area (Å²) in [7, 11) is 0. The summed E-state index contributed by atoms with van der Waals surface area (Å²) in [6.07, 6.45) is 4.93. The highest BCUT2D eigenvalue weighted by Crippen LogP contribution is 2.23. The molecule has 3 rings (SSSR count). The van der Waals surface area contributed by atoms with Crippen molar-refractivity contribution in [2.24, 2.45) is 0 Å². The first-order valence-corrected chi connectivity index (χ1v) is 6.12. The van der Waals surface area contributed by atoms with Crippen LogP contribution in [-0.4, -0.2) is 16.8 Å². The Morgan fingerprint density at radius 1 is 1.35 bits per heavy atom. The third-order valence-corrected chi connectivity index (χ3v) is 3.45. The Labute approximate surface area is 100.0 Å². The van der Waals surface area contributed by atoms with Gasteiger partial charge in [0.1, 0.15) is 5.82 Å². The molecule has 1 aromatic heterocycles. The third kappa shape index (κ3) is 2.07. The molecule has 1 fully saturated rings. The van der Waals surface area contributed by atoms with E-state index in [1.165, 1.54) is 6.07 Å². The standard InChI is InChI=1S/C14H16FNO/c1-10-2-4-13(17-10)9-16-7-6-11-8-12(15)3-5-14(11)16/h3,5-8,10,13H,2,4,9H2,1H3. The largest absolute Gasteiger partial charge is 0.373 e. The zero-order valence-corrected chi connectivity index (χ0v) is 9.90. The van der Waals surface area contributed by atoms with E-state index in [1.807, 2.05) is 18.3 Å².